The van der Waals surface area contributed by atoms with E-state index < -0.39 is 10.8 Å². The fourth-order valence-electron chi connectivity index (χ4n) is 2.63. The average Bonchev–Trinajstić information content (AvgIpc) is 2.55. The second-order valence-electron chi connectivity index (χ2n) is 7.91. The lowest BCUT2D eigenvalue weighted by Crippen LogP contribution is -2.50. The van der Waals surface area contributed by atoms with E-state index in [4.69, 9.17) is 0 Å². The topological polar surface area (TPSA) is 77.0 Å². The van der Waals surface area contributed by atoms with Crippen LogP contribution in [0.25, 0.3) is 0 Å². The highest BCUT2D eigenvalue weighted by molar-refractivity contribution is 14.0. The number of hydrogen-bond donors (Lipinski definition) is 2. The Balaban J connectivity index is 0.00000676. The molecule has 1 atom stereocenters. The van der Waals surface area contributed by atoms with Gasteiger partial charge in [0, 0.05) is 61.1 Å². The van der Waals surface area contributed by atoms with Gasteiger partial charge in [0.1, 0.15) is 0 Å². The zero-order valence-corrected chi connectivity index (χ0v) is 20.9. The van der Waals surface area contributed by atoms with Gasteiger partial charge in [-0.2, -0.15) is 0 Å². The van der Waals surface area contributed by atoms with Gasteiger partial charge in [-0.05, 0) is 40.5 Å². The number of piperidine rings is 1. The molecule has 1 heterocycles. The largest absolute Gasteiger partial charge is 0.357 e. The number of likely N-dealkylation sites (N-methyl/N-ethyl adjacent to an activating group) is 1. The normalized spacial score (nSPS) is 17.8. The molecule has 9 heteroatoms. The fraction of sp³-hybridized carbons (Fsp3) is 0.889. The lowest BCUT2D eigenvalue weighted by molar-refractivity contribution is -0.130. The van der Waals surface area contributed by atoms with Crippen molar-refractivity contribution in [3.05, 3.63) is 0 Å². The number of nitrogens with one attached hydrogen (secondary N) is 2. The molecule has 0 aliphatic carbocycles. The number of nitrogens with zero attached hydrogens (tertiary/aromatic N) is 3. The molecule has 1 unspecified atom stereocenters. The highest BCUT2D eigenvalue weighted by Crippen LogP contribution is 2.12. The number of carbonyl (C=O) groups excluding carboxylic acids is 1. The van der Waals surface area contributed by atoms with Gasteiger partial charge in [-0.3, -0.25) is 18.9 Å². The summed E-state index contributed by atoms with van der Waals surface area (Å²) in [6.45, 7) is 11.7. The van der Waals surface area contributed by atoms with Crippen molar-refractivity contribution >= 4 is 46.6 Å². The molecule has 0 radical (unpaired) electrons. The number of hydrogen-bond acceptors (Lipinski definition) is 4. The molecule has 1 fully saturated rings. The summed E-state index contributed by atoms with van der Waals surface area (Å²) in [6, 6.07) is 0.353. The van der Waals surface area contributed by atoms with Crippen LogP contribution in [-0.4, -0.2) is 89.2 Å². The van der Waals surface area contributed by atoms with Gasteiger partial charge in [0.25, 0.3) is 0 Å². The van der Waals surface area contributed by atoms with Gasteiger partial charge in [0.15, 0.2) is 5.96 Å². The molecule has 7 nitrogen and oxygen atoms in total. The molecule has 0 bridgehead atoms. The molecule has 0 aromatic carbocycles. The minimum atomic E-state index is -0.884. The van der Waals surface area contributed by atoms with E-state index in [1.54, 1.807) is 19.0 Å². The molecule has 1 aliphatic rings. The summed E-state index contributed by atoms with van der Waals surface area (Å²) in [6.07, 6.45) is 1.97. The molecular weight excluding hydrogens is 477 g/mol. The maximum absolute atomic E-state index is 12.1. The second kappa shape index (κ2) is 12.9. The number of likely N-dealkylation sites (tertiary alicyclic amines) is 1. The molecule has 27 heavy (non-hydrogen) atoms. The van der Waals surface area contributed by atoms with Gasteiger partial charge in [-0.25, -0.2) is 0 Å². The third-order valence-electron chi connectivity index (χ3n) is 4.36. The van der Waals surface area contributed by atoms with E-state index in [-0.39, 0.29) is 34.6 Å². The molecule has 1 rings (SSSR count). The van der Waals surface area contributed by atoms with Crippen molar-refractivity contribution in [2.45, 2.75) is 51.3 Å². The highest BCUT2D eigenvalue weighted by atomic mass is 127. The Kier molecular flexibility index (Phi) is 12.7. The zero-order chi connectivity index (χ0) is 19.7. The SMILES string of the molecule is CCNC(=NCCS(=O)C(C)(C)C)NC1CCN(CC(=O)N(C)C)CC1.I. The number of amides is 1. The number of guanidine groups is 1. The number of carbonyl (C=O) groups is 1. The lowest BCUT2D eigenvalue weighted by Gasteiger charge is -2.33. The summed E-state index contributed by atoms with van der Waals surface area (Å²) in [7, 11) is 2.70. The summed E-state index contributed by atoms with van der Waals surface area (Å²) in [5.74, 6) is 1.52. The van der Waals surface area contributed by atoms with Crippen LogP contribution in [0.15, 0.2) is 4.99 Å². The van der Waals surface area contributed by atoms with Crippen LogP contribution in [0.5, 0.6) is 0 Å². The van der Waals surface area contributed by atoms with E-state index >= 15 is 0 Å². The maximum atomic E-state index is 12.1. The van der Waals surface area contributed by atoms with Crippen molar-refractivity contribution in [2.75, 3.05) is 52.6 Å². The Morgan fingerprint density at radius 3 is 2.33 bits per heavy atom. The Hall–Kier alpha value is -0.420. The molecule has 1 amide bonds. The van der Waals surface area contributed by atoms with Crippen LogP contribution in [0.3, 0.4) is 0 Å². The first-order valence-electron chi connectivity index (χ1n) is 9.49. The third-order valence-corrected chi connectivity index (χ3v) is 6.28. The second-order valence-corrected chi connectivity index (χ2v) is 10.2. The van der Waals surface area contributed by atoms with E-state index in [1.165, 1.54) is 0 Å². The molecule has 0 aromatic rings. The van der Waals surface area contributed by atoms with Crippen LogP contribution < -0.4 is 10.6 Å². The molecular formula is C18H38IN5O2S. The van der Waals surface area contributed by atoms with Crippen molar-refractivity contribution in [1.29, 1.82) is 0 Å². The molecule has 160 valence electrons. The lowest BCUT2D eigenvalue weighted by atomic mass is 10.1. The molecule has 0 aromatic heterocycles. The summed E-state index contributed by atoms with van der Waals surface area (Å²) in [5, 5.41) is 6.75. The summed E-state index contributed by atoms with van der Waals surface area (Å²) in [4.78, 5) is 20.2. The molecule has 0 spiro atoms. The van der Waals surface area contributed by atoms with Gasteiger partial charge >= 0.3 is 0 Å². The van der Waals surface area contributed by atoms with Crippen LogP contribution in [0, 0.1) is 0 Å². The Morgan fingerprint density at radius 1 is 1.26 bits per heavy atom. The predicted octanol–water partition coefficient (Wildman–Crippen LogP) is 1.26. The van der Waals surface area contributed by atoms with Gasteiger partial charge in [0.05, 0.1) is 13.1 Å². The van der Waals surface area contributed by atoms with Crippen LogP contribution in [0.1, 0.15) is 40.5 Å². The predicted molar refractivity (Wildman–Crippen MR) is 125 cm³/mol. The van der Waals surface area contributed by atoms with E-state index in [2.05, 4.69) is 20.5 Å². The van der Waals surface area contributed by atoms with Crippen molar-refractivity contribution in [2.24, 2.45) is 4.99 Å². The molecule has 1 aliphatic heterocycles. The van der Waals surface area contributed by atoms with E-state index in [0.29, 0.717) is 24.9 Å². The van der Waals surface area contributed by atoms with Gasteiger partial charge in [-0.1, -0.05) is 0 Å². The van der Waals surface area contributed by atoms with Crippen molar-refractivity contribution < 1.29 is 9.00 Å². The Morgan fingerprint density at radius 2 is 1.85 bits per heavy atom. The number of aliphatic imine (C=N–C) groups is 1. The minimum Gasteiger partial charge on any atom is -0.357 e. The summed E-state index contributed by atoms with van der Waals surface area (Å²) in [5.41, 5.74) is 0. The number of halogens is 1. The Bertz CT molecular complexity index is 500. The van der Waals surface area contributed by atoms with Crippen molar-refractivity contribution in [3.63, 3.8) is 0 Å². The van der Waals surface area contributed by atoms with Gasteiger partial charge < -0.3 is 15.5 Å². The quantitative estimate of drug-likeness (QED) is 0.304. The minimum absolute atomic E-state index is 0. The Labute approximate surface area is 184 Å². The monoisotopic (exact) mass is 515 g/mol. The van der Waals surface area contributed by atoms with Crippen LogP contribution in [0.2, 0.25) is 0 Å². The van der Waals surface area contributed by atoms with E-state index in [0.717, 1.165) is 38.4 Å². The summed E-state index contributed by atoms with van der Waals surface area (Å²) >= 11 is 0. The molecule has 1 saturated heterocycles. The zero-order valence-electron chi connectivity index (χ0n) is 17.7. The number of rotatable bonds is 7. The van der Waals surface area contributed by atoms with Gasteiger partial charge in [0.2, 0.25) is 5.91 Å². The average molecular weight is 516 g/mol. The third kappa shape index (κ3) is 10.6. The van der Waals surface area contributed by atoms with Crippen LogP contribution >= 0.6 is 24.0 Å². The fourth-order valence-corrected chi connectivity index (χ4v) is 3.50. The molecule has 0 saturated carbocycles. The van der Waals surface area contributed by atoms with E-state index in [9.17, 15) is 9.00 Å². The standard InChI is InChI=1S/C18H37N5O2S.HI/c1-7-19-17(20-10-13-26(25)18(2,3)4)21-15-8-11-23(12-9-15)14-16(24)22(5)6;/h15H,7-14H2,1-6H3,(H2,19,20,21);1H. The van der Waals surface area contributed by atoms with Crippen LogP contribution in [0.4, 0.5) is 0 Å². The smallest absolute Gasteiger partial charge is 0.236 e. The molecule has 2 N–H and O–H groups in total. The first kappa shape index (κ1) is 26.6. The van der Waals surface area contributed by atoms with Gasteiger partial charge in [-0.15, -0.1) is 24.0 Å². The first-order chi connectivity index (χ1) is 12.1. The first-order valence-corrected chi connectivity index (χ1v) is 10.8. The maximum Gasteiger partial charge on any atom is 0.236 e. The summed E-state index contributed by atoms with van der Waals surface area (Å²) < 4.78 is 11.9. The van der Waals surface area contributed by atoms with Crippen LogP contribution in [-0.2, 0) is 15.6 Å². The van der Waals surface area contributed by atoms with E-state index in [1.807, 2.05) is 27.7 Å². The van der Waals surface area contributed by atoms with Crippen molar-refractivity contribution in [1.82, 2.24) is 20.4 Å². The highest BCUT2D eigenvalue weighted by Gasteiger charge is 2.22. The van der Waals surface area contributed by atoms with Crippen molar-refractivity contribution in [3.8, 4) is 0 Å².